The van der Waals surface area contributed by atoms with E-state index in [4.69, 9.17) is 16.0 Å². The Kier molecular flexibility index (Phi) is 5.43. The molecule has 5 rings (SSSR count). The lowest BCUT2D eigenvalue weighted by molar-refractivity contribution is -0.119. The van der Waals surface area contributed by atoms with E-state index >= 15 is 0 Å². The summed E-state index contributed by atoms with van der Waals surface area (Å²) in [7, 11) is 0. The molecule has 1 atom stereocenters. The van der Waals surface area contributed by atoms with Crippen LogP contribution in [0.15, 0.2) is 83.5 Å². The van der Waals surface area contributed by atoms with Gasteiger partial charge in [-0.05, 0) is 51.9 Å². The van der Waals surface area contributed by atoms with Gasteiger partial charge in [0, 0.05) is 5.02 Å². The van der Waals surface area contributed by atoms with Gasteiger partial charge in [-0.1, -0.05) is 59.2 Å². The first-order valence-electron chi connectivity index (χ1n) is 10.1. The highest BCUT2D eigenvalue weighted by molar-refractivity contribution is 6.30. The number of fused-ring (bicyclic) bond motifs is 1. The molecular formula is C23H19ClN6O2. The summed E-state index contributed by atoms with van der Waals surface area (Å²) in [5, 5.41) is 15.9. The first-order chi connectivity index (χ1) is 15.7. The van der Waals surface area contributed by atoms with Crippen molar-refractivity contribution in [3.8, 4) is 0 Å². The van der Waals surface area contributed by atoms with E-state index in [-0.39, 0.29) is 18.5 Å². The summed E-state index contributed by atoms with van der Waals surface area (Å²) in [4.78, 5) is 14.6. The van der Waals surface area contributed by atoms with Crippen LogP contribution in [0.5, 0.6) is 0 Å². The predicted octanol–water partition coefficient (Wildman–Crippen LogP) is 3.69. The molecule has 0 fully saturated rings. The molecular weight excluding hydrogens is 428 g/mol. The number of nitrogens with one attached hydrogen (secondary N) is 1. The number of hydrogen-bond acceptors (Lipinski definition) is 6. The molecule has 4 aromatic rings. The number of tetrazole rings is 1. The Hall–Kier alpha value is -3.91. The molecule has 1 amide bonds. The minimum Gasteiger partial charge on any atom is -0.467 e. The zero-order valence-corrected chi connectivity index (χ0v) is 17.7. The number of furan rings is 1. The molecule has 0 saturated carbocycles. The summed E-state index contributed by atoms with van der Waals surface area (Å²) in [6.07, 6.45) is 3.63. The molecule has 8 nitrogen and oxygen atoms in total. The van der Waals surface area contributed by atoms with Crippen LogP contribution in [0, 0.1) is 0 Å². The molecule has 1 aliphatic heterocycles. The van der Waals surface area contributed by atoms with Crippen LogP contribution in [0.1, 0.15) is 22.9 Å². The lowest BCUT2D eigenvalue weighted by atomic mass is 10.0. The molecule has 0 unspecified atom stereocenters. The minimum atomic E-state index is -0.241. The van der Waals surface area contributed by atoms with Crippen molar-refractivity contribution < 1.29 is 9.21 Å². The largest absolute Gasteiger partial charge is 0.467 e. The maximum absolute atomic E-state index is 12.8. The Morgan fingerprint density at radius 1 is 1.06 bits per heavy atom. The average Bonchev–Trinajstić information content (AvgIpc) is 3.52. The topological polar surface area (TPSA) is 89.1 Å². The maximum atomic E-state index is 12.8. The van der Waals surface area contributed by atoms with Crippen molar-refractivity contribution in [2.75, 3.05) is 11.4 Å². The highest BCUT2D eigenvalue weighted by Gasteiger charge is 2.31. The number of allylic oxidation sites excluding steroid dienone is 1. The van der Waals surface area contributed by atoms with Gasteiger partial charge in [-0.3, -0.25) is 9.69 Å². The average molecular weight is 447 g/mol. The smallest absolute Gasteiger partial charge is 0.251 e. The maximum Gasteiger partial charge on any atom is 0.251 e. The number of halogens is 1. The predicted molar refractivity (Wildman–Crippen MR) is 120 cm³/mol. The van der Waals surface area contributed by atoms with Crippen molar-refractivity contribution in [2.24, 2.45) is 0 Å². The van der Waals surface area contributed by atoms with Crippen LogP contribution in [-0.4, -0.2) is 32.7 Å². The monoisotopic (exact) mass is 446 g/mol. The third kappa shape index (κ3) is 4.00. The minimum absolute atomic E-state index is 0.0507. The molecule has 1 N–H and O–H groups in total. The second-order valence-electron chi connectivity index (χ2n) is 7.28. The van der Waals surface area contributed by atoms with Crippen LogP contribution in [0.25, 0.3) is 5.70 Å². The van der Waals surface area contributed by atoms with Gasteiger partial charge in [-0.15, -0.1) is 0 Å². The normalized spacial score (nSPS) is 15.2. The summed E-state index contributed by atoms with van der Waals surface area (Å²) in [5.74, 6) is 0.991. The van der Waals surface area contributed by atoms with Crippen molar-refractivity contribution in [3.05, 3.63) is 101 Å². The second-order valence-corrected chi connectivity index (χ2v) is 7.72. The van der Waals surface area contributed by atoms with Crippen LogP contribution < -0.4 is 10.2 Å². The summed E-state index contributed by atoms with van der Waals surface area (Å²) < 4.78 is 7.00. The van der Waals surface area contributed by atoms with Gasteiger partial charge in [0.25, 0.3) is 5.95 Å². The van der Waals surface area contributed by atoms with Crippen molar-refractivity contribution in [3.63, 3.8) is 0 Å². The third-order valence-electron chi connectivity index (χ3n) is 5.21. The van der Waals surface area contributed by atoms with E-state index in [0.29, 0.717) is 23.3 Å². The number of amides is 1. The summed E-state index contributed by atoms with van der Waals surface area (Å²) in [5.41, 5.74) is 2.79. The number of nitrogens with zero attached hydrogens (tertiary/aromatic N) is 5. The summed E-state index contributed by atoms with van der Waals surface area (Å²) in [6.45, 7) is 0.359. The number of benzene rings is 2. The van der Waals surface area contributed by atoms with E-state index in [0.717, 1.165) is 16.8 Å². The van der Waals surface area contributed by atoms with Gasteiger partial charge < -0.3 is 9.73 Å². The second kappa shape index (κ2) is 8.68. The fraction of sp³-hybridized carbons (Fsp3) is 0.130. The highest BCUT2D eigenvalue weighted by atomic mass is 35.5. The van der Waals surface area contributed by atoms with Crippen molar-refractivity contribution >= 4 is 29.2 Å². The third-order valence-corrected chi connectivity index (χ3v) is 5.46. The van der Waals surface area contributed by atoms with Gasteiger partial charge in [0.2, 0.25) is 5.91 Å². The van der Waals surface area contributed by atoms with Crippen LogP contribution in [0.4, 0.5) is 5.95 Å². The fourth-order valence-corrected chi connectivity index (χ4v) is 3.80. The van der Waals surface area contributed by atoms with E-state index in [9.17, 15) is 4.79 Å². The van der Waals surface area contributed by atoms with Crippen molar-refractivity contribution in [2.45, 2.75) is 12.6 Å². The Bertz CT molecular complexity index is 1240. The molecule has 32 heavy (non-hydrogen) atoms. The fourth-order valence-electron chi connectivity index (χ4n) is 3.68. The van der Waals surface area contributed by atoms with Gasteiger partial charge in [-0.2, -0.15) is 4.68 Å². The SMILES string of the molecule is O=C(CN1C(c2ccccc2)=C[C@H](c2ccc(Cl)cc2)n2nnnc21)NCc1ccco1. The number of anilines is 1. The quantitative estimate of drug-likeness (QED) is 0.486. The van der Waals surface area contributed by atoms with E-state index in [2.05, 4.69) is 26.9 Å². The van der Waals surface area contributed by atoms with Crippen LogP contribution in [-0.2, 0) is 11.3 Å². The Morgan fingerprint density at radius 3 is 2.62 bits per heavy atom. The van der Waals surface area contributed by atoms with E-state index < -0.39 is 0 Å². The molecule has 9 heteroatoms. The molecule has 0 saturated heterocycles. The van der Waals surface area contributed by atoms with Gasteiger partial charge in [0.15, 0.2) is 0 Å². The zero-order chi connectivity index (χ0) is 21.9. The van der Waals surface area contributed by atoms with Crippen molar-refractivity contribution in [1.82, 2.24) is 25.5 Å². The molecule has 160 valence electrons. The standard InChI is InChI=1S/C23H19ClN6O2/c24-18-10-8-17(9-11-18)21-13-20(16-5-2-1-3-6-16)29(23-26-27-28-30(21)23)15-22(31)25-14-19-7-4-12-32-19/h1-13,21H,14-15H2,(H,25,31)/t21-/m1/s1. The lowest BCUT2D eigenvalue weighted by Crippen LogP contribution is -2.39. The number of carbonyl (C=O) groups is 1. The molecule has 1 aliphatic rings. The van der Waals surface area contributed by atoms with Gasteiger partial charge in [0.05, 0.1) is 18.5 Å². The number of rotatable bonds is 6. The summed E-state index contributed by atoms with van der Waals surface area (Å²) in [6, 6.07) is 20.8. The van der Waals surface area contributed by atoms with Gasteiger partial charge in [0.1, 0.15) is 18.3 Å². The first-order valence-corrected chi connectivity index (χ1v) is 10.4. The van der Waals surface area contributed by atoms with Crippen LogP contribution >= 0.6 is 11.6 Å². The van der Waals surface area contributed by atoms with Crippen LogP contribution in [0.2, 0.25) is 5.02 Å². The van der Waals surface area contributed by atoms with Gasteiger partial charge in [-0.25, -0.2) is 0 Å². The summed E-state index contributed by atoms with van der Waals surface area (Å²) >= 11 is 6.08. The van der Waals surface area contributed by atoms with Gasteiger partial charge >= 0.3 is 0 Å². The molecule has 0 spiro atoms. The number of carbonyl (C=O) groups excluding carboxylic acids is 1. The Morgan fingerprint density at radius 2 is 1.88 bits per heavy atom. The van der Waals surface area contributed by atoms with Crippen molar-refractivity contribution in [1.29, 1.82) is 0 Å². The number of hydrogen-bond donors (Lipinski definition) is 1. The van der Waals surface area contributed by atoms with Crippen LogP contribution in [0.3, 0.4) is 0 Å². The number of aromatic nitrogens is 4. The molecule has 2 aromatic carbocycles. The molecule has 0 radical (unpaired) electrons. The first kappa shape index (κ1) is 20.0. The lowest BCUT2D eigenvalue weighted by Gasteiger charge is -2.32. The molecule has 0 aliphatic carbocycles. The molecule has 0 bridgehead atoms. The molecule has 2 aromatic heterocycles. The van der Waals surface area contributed by atoms with E-state index in [1.54, 1.807) is 17.0 Å². The molecule has 3 heterocycles. The van der Waals surface area contributed by atoms with E-state index in [1.165, 1.54) is 0 Å². The van der Waals surface area contributed by atoms with E-state index in [1.807, 2.05) is 65.6 Å². The zero-order valence-electron chi connectivity index (χ0n) is 16.9. The Labute approximate surface area is 189 Å². The highest BCUT2D eigenvalue weighted by Crippen LogP contribution is 2.36. The Balaban J connectivity index is 1.49.